The lowest BCUT2D eigenvalue weighted by molar-refractivity contribution is -0.135. The molecule has 114 valence electrons. The molecular weight excluding hydrogens is 450 g/mol. The van der Waals surface area contributed by atoms with E-state index in [1.165, 1.54) is 18.2 Å². The van der Waals surface area contributed by atoms with Gasteiger partial charge in [-0.1, -0.05) is 43.5 Å². The van der Waals surface area contributed by atoms with Crippen LogP contribution in [0.15, 0.2) is 27.6 Å². The van der Waals surface area contributed by atoms with Gasteiger partial charge in [-0.05, 0) is 18.2 Å². The molecule has 0 aliphatic heterocycles. The van der Waals surface area contributed by atoms with Gasteiger partial charge < -0.3 is 0 Å². The average Bonchev–Trinajstić information content (AvgIpc) is 2.26. The molecule has 0 bridgehead atoms. The monoisotopic (exact) mass is 457 g/mol. The van der Waals surface area contributed by atoms with E-state index < -0.39 is 22.7 Å². The summed E-state index contributed by atoms with van der Waals surface area (Å²) in [4.78, 5) is -0.354. The topological polar surface area (TPSA) is 37.4 Å². The number of alkyl halides is 4. The molecule has 0 aliphatic rings. The SMILES string of the molecule is O=S(=O)(c1ccc(Br)cc1Cl)N(CCBr)CC(F)(F)F. The molecule has 20 heavy (non-hydrogen) atoms. The first-order chi connectivity index (χ1) is 9.08. The van der Waals surface area contributed by atoms with Crippen LogP contribution in [0.25, 0.3) is 0 Å². The second-order valence-electron chi connectivity index (χ2n) is 3.72. The zero-order valence-electron chi connectivity index (χ0n) is 9.79. The fraction of sp³-hybridized carbons (Fsp3) is 0.400. The highest BCUT2D eigenvalue weighted by Gasteiger charge is 2.37. The first kappa shape index (κ1) is 18.2. The first-order valence-electron chi connectivity index (χ1n) is 5.16. The van der Waals surface area contributed by atoms with E-state index in [0.717, 1.165) is 0 Å². The van der Waals surface area contributed by atoms with Crippen molar-refractivity contribution in [1.29, 1.82) is 0 Å². The number of hydrogen-bond acceptors (Lipinski definition) is 2. The van der Waals surface area contributed by atoms with Gasteiger partial charge in [0.1, 0.15) is 11.4 Å². The summed E-state index contributed by atoms with van der Waals surface area (Å²) < 4.78 is 62.8. The van der Waals surface area contributed by atoms with Crippen molar-refractivity contribution in [3.8, 4) is 0 Å². The first-order valence-corrected chi connectivity index (χ1v) is 8.89. The number of nitrogens with zero attached hydrogens (tertiary/aromatic N) is 1. The van der Waals surface area contributed by atoms with Crippen LogP contribution in [0.2, 0.25) is 5.02 Å². The standard InChI is InChI=1S/C10H9Br2ClF3NO2S/c11-3-4-17(6-10(14,15)16)20(18,19)9-2-1-7(12)5-8(9)13/h1-2,5H,3-4,6H2. The fourth-order valence-corrected chi connectivity index (χ4v) is 4.50. The van der Waals surface area contributed by atoms with Gasteiger partial charge in [0.15, 0.2) is 0 Å². The molecule has 0 fully saturated rings. The van der Waals surface area contributed by atoms with Crippen molar-refractivity contribution < 1.29 is 21.6 Å². The summed E-state index contributed by atoms with van der Waals surface area (Å²) in [6, 6.07) is 3.88. The van der Waals surface area contributed by atoms with Gasteiger partial charge in [0.05, 0.1) is 5.02 Å². The van der Waals surface area contributed by atoms with Crippen LogP contribution in [-0.2, 0) is 10.0 Å². The summed E-state index contributed by atoms with van der Waals surface area (Å²) in [7, 11) is -4.31. The highest BCUT2D eigenvalue weighted by atomic mass is 79.9. The Hall–Kier alpha value is 0.170. The van der Waals surface area contributed by atoms with Crippen molar-refractivity contribution in [2.45, 2.75) is 11.1 Å². The third kappa shape index (κ3) is 4.87. The molecular formula is C10H9Br2ClF3NO2S. The fourth-order valence-electron chi connectivity index (χ4n) is 1.40. The highest BCUT2D eigenvalue weighted by Crippen LogP contribution is 2.29. The van der Waals surface area contributed by atoms with Gasteiger partial charge in [0.2, 0.25) is 10.0 Å². The summed E-state index contributed by atoms with van der Waals surface area (Å²) in [5.41, 5.74) is 0. The molecule has 0 unspecified atom stereocenters. The van der Waals surface area contributed by atoms with E-state index in [4.69, 9.17) is 11.6 Å². The van der Waals surface area contributed by atoms with E-state index in [1.807, 2.05) is 0 Å². The molecule has 0 heterocycles. The van der Waals surface area contributed by atoms with Gasteiger partial charge in [-0.2, -0.15) is 17.5 Å². The zero-order valence-corrected chi connectivity index (χ0v) is 14.5. The van der Waals surface area contributed by atoms with Crippen LogP contribution in [-0.4, -0.2) is 37.3 Å². The Kier molecular flexibility index (Phi) is 6.33. The van der Waals surface area contributed by atoms with Gasteiger partial charge in [-0.15, -0.1) is 0 Å². The Balaban J connectivity index is 3.22. The number of halogens is 6. The number of rotatable bonds is 5. The molecule has 1 rings (SSSR count). The second kappa shape index (κ2) is 6.95. The number of sulfonamides is 1. The van der Waals surface area contributed by atoms with Crippen LogP contribution in [0.4, 0.5) is 13.2 Å². The van der Waals surface area contributed by atoms with Crippen molar-refractivity contribution in [2.24, 2.45) is 0 Å². The van der Waals surface area contributed by atoms with Crippen LogP contribution in [0.5, 0.6) is 0 Å². The normalized spacial score (nSPS) is 12.9. The zero-order chi connectivity index (χ0) is 15.6. The third-order valence-electron chi connectivity index (χ3n) is 2.20. The number of benzene rings is 1. The summed E-state index contributed by atoms with van der Waals surface area (Å²) in [5, 5.41) is -0.0580. The van der Waals surface area contributed by atoms with Crippen molar-refractivity contribution in [3.05, 3.63) is 27.7 Å². The molecule has 0 saturated carbocycles. The van der Waals surface area contributed by atoms with E-state index in [1.54, 1.807) is 0 Å². The third-order valence-corrected chi connectivity index (χ3v) is 5.38. The molecule has 0 saturated heterocycles. The molecule has 0 aromatic heterocycles. The molecule has 0 atom stereocenters. The maximum atomic E-state index is 12.5. The summed E-state index contributed by atoms with van der Waals surface area (Å²) in [6.07, 6.45) is -4.63. The lowest BCUT2D eigenvalue weighted by atomic mass is 10.4. The Bertz CT molecular complexity index is 580. The molecule has 0 radical (unpaired) electrons. The van der Waals surface area contributed by atoms with Crippen molar-refractivity contribution in [1.82, 2.24) is 4.31 Å². The molecule has 0 amide bonds. The van der Waals surface area contributed by atoms with E-state index in [9.17, 15) is 21.6 Å². The maximum Gasteiger partial charge on any atom is 0.402 e. The Morgan fingerprint density at radius 3 is 2.35 bits per heavy atom. The van der Waals surface area contributed by atoms with E-state index in [2.05, 4.69) is 31.9 Å². The Labute approximate surface area is 136 Å². The predicted octanol–water partition coefficient (Wildman–Crippen LogP) is 4.05. The highest BCUT2D eigenvalue weighted by molar-refractivity contribution is 9.10. The molecule has 3 nitrogen and oxygen atoms in total. The quantitative estimate of drug-likeness (QED) is 0.623. The molecule has 0 aliphatic carbocycles. The molecule has 1 aromatic rings. The largest absolute Gasteiger partial charge is 0.402 e. The van der Waals surface area contributed by atoms with E-state index in [0.29, 0.717) is 8.78 Å². The van der Waals surface area contributed by atoms with Crippen LogP contribution >= 0.6 is 43.5 Å². The van der Waals surface area contributed by atoms with Crippen LogP contribution in [0, 0.1) is 0 Å². The maximum absolute atomic E-state index is 12.5. The average molecular weight is 460 g/mol. The molecule has 0 N–H and O–H groups in total. The van der Waals surface area contributed by atoms with Gasteiger partial charge in [0.25, 0.3) is 0 Å². The van der Waals surface area contributed by atoms with Crippen molar-refractivity contribution in [3.63, 3.8) is 0 Å². The van der Waals surface area contributed by atoms with Gasteiger partial charge in [-0.3, -0.25) is 0 Å². The Morgan fingerprint density at radius 2 is 1.90 bits per heavy atom. The minimum atomic E-state index is -4.63. The van der Waals surface area contributed by atoms with Gasteiger partial charge in [-0.25, -0.2) is 8.42 Å². The summed E-state index contributed by atoms with van der Waals surface area (Å²) >= 11 is 11.8. The van der Waals surface area contributed by atoms with Crippen LogP contribution < -0.4 is 0 Å². The predicted molar refractivity (Wildman–Crippen MR) is 77.8 cm³/mol. The van der Waals surface area contributed by atoms with Gasteiger partial charge >= 0.3 is 6.18 Å². The minimum Gasteiger partial charge on any atom is -0.207 e. The molecule has 10 heteroatoms. The minimum absolute atomic E-state index is 0.0798. The lowest BCUT2D eigenvalue weighted by Crippen LogP contribution is -2.40. The summed E-state index contributed by atoms with van der Waals surface area (Å²) in [6.45, 7) is -1.87. The van der Waals surface area contributed by atoms with Crippen molar-refractivity contribution in [2.75, 3.05) is 18.4 Å². The smallest absolute Gasteiger partial charge is 0.207 e. The second-order valence-corrected chi connectivity index (χ2v) is 7.74. The van der Waals surface area contributed by atoms with Crippen molar-refractivity contribution >= 4 is 53.5 Å². The van der Waals surface area contributed by atoms with Crippen LogP contribution in [0.3, 0.4) is 0 Å². The lowest BCUT2D eigenvalue weighted by Gasteiger charge is -2.23. The summed E-state index contributed by atoms with van der Waals surface area (Å²) in [5.74, 6) is 0. The van der Waals surface area contributed by atoms with E-state index in [-0.39, 0.29) is 21.8 Å². The number of hydrogen-bond donors (Lipinski definition) is 0. The Morgan fingerprint density at radius 1 is 1.30 bits per heavy atom. The van der Waals surface area contributed by atoms with Gasteiger partial charge in [0, 0.05) is 16.3 Å². The van der Waals surface area contributed by atoms with Crippen LogP contribution in [0.1, 0.15) is 0 Å². The molecule has 0 spiro atoms. The molecule has 1 aromatic carbocycles. The van der Waals surface area contributed by atoms with E-state index >= 15 is 0 Å².